The Kier molecular flexibility index (Phi) is 4.11. The van der Waals surface area contributed by atoms with Crippen molar-refractivity contribution in [3.8, 4) is 0 Å². The number of carbonyl (C=O) groups excluding carboxylic acids is 2. The molecule has 17 heavy (non-hydrogen) atoms. The summed E-state index contributed by atoms with van der Waals surface area (Å²) in [5.74, 6) is -0.615. The van der Waals surface area contributed by atoms with Crippen LogP contribution >= 0.6 is 11.3 Å². The summed E-state index contributed by atoms with van der Waals surface area (Å²) in [6.45, 7) is 1.89. The lowest BCUT2D eigenvalue weighted by atomic mass is 10.1. The van der Waals surface area contributed by atoms with Crippen LogP contribution in [0.4, 0.5) is 5.00 Å². The number of primary amides is 1. The lowest BCUT2D eigenvalue weighted by molar-refractivity contribution is -0.117. The second kappa shape index (κ2) is 5.18. The summed E-state index contributed by atoms with van der Waals surface area (Å²) in [6.07, 6.45) is 0.0962. The summed E-state index contributed by atoms with van der Waals surface area (Å²) in [5.41, 5.74) is 6.49. The van der Waals surface area contributed by atoms with Crippen LogP contribution in [0.25, 0.3) is 0 Å². The number of nitrogens with zero attached hydrogens (tertiary/aromatic N) is 1. The molecule has 0 atom stereocenters. The quantitative estimate of drug-likeness (QED) is 0.823. The molecule has 0 spiro atoms. The average molecular weight is 255 g/mol. The maximum Gasteiger partial charge on any atom is 0.254 e. The molecule has 0 bridgehead atoms. The minimum absolute atomic E-state index is 0.0962. The molecule has 0 aromatic carbocycles. The SMILES string of the molecule is CNC(=O)c1c(N(C)C)sc(C)c1CC(N)=O. The zero-order valence-corrected chi connectivity index (χ0v) is 11.3. The zero-order chi connectivity index (χ0) is 13.2. The van der Waals surface area contributed by atoms with Crippen LogP contribution in [0, 0.1) is 6.92 Å². The van der Waals surface area contributed by atoms with Crippen LogP contribution in [0.1, 0.15) is 20.8 Å². The van der Waals surface area contributed by atoms with Gasteiger partial charge >= 0.3 is 0 Å². The number of rotatable bonds is 4. The number of hydrogen-bond acceptors (Lipinski definition) is 4. The molecule has 0 saturated heterocycles. The van der Waals surface area contributed by atoms with Gasteiger partial charge in [-0.1, -0.05) is 0 Å². The molecule has 5 nitrogen and oxygen atoms in total. The first-order valence-corrected chi connectivity index (χ1v) is 6.00. The molecule has 0 aliphatic rings. The highest BCUT2D eigenvalue weighted by molar-refractivity contribution is 7.16. The number of thiophene rings is 1. The fraction of sp³-hybridized carbons (Fsp3) is 0.455. The third-order valence-electron chi connectivity index (χ3n) is 2.40. The molecular formula is C11H17N3O2S. The summed E-state index contributed by atoms with van der Waals surface area (Å²) in [6, 6.07) is 0. The Bertz CT molecular complexity index is 452. The standard InChI is InChI=1S/C11H17N3O2S/c1-6-7(5-8(12)15)9(10(16)13-2)11(17-6)14(3)4/h5H2,1-4H3,(H2,12,15)(H,13,16). The first kappa shape index (κ1) is 13.5. The van der Waals surface area contributed by atoms with Gasteiger partial charge in [-0.3, -0.25) is 9.59 Å². The molecule has 0 saturated carbocycles. The van der Waals surface area contributed by atoms with Crippen LogP contribution in [-0.2, 0) is 11.2 Å². The van der Waals surface area contributed by atoms with Crippen molar-refractivity contribution in [1.29, 1.82) is 0 Å². The lowest BCUT2D eigenvalue weighted by Crippen LogP contribution is -2.24. The Labute approximate surface area is 105 Å². The first-order valence-electron chi connectivity index (χ1n) is 5.18. The van der Waals surface area contributed by atoms with Gasteiger partial charge in [-0.05, 0) is 12.5 Å². The Hall–Kier alpha value is -1.56. The molecular weight excluding hydrogens is 238 g/mol. The van der Waals surface area contributed by atoms with Crippen LogP contribution in [-0.4, -0.2) is 33.0 Å². The molecule has 0 unspecified atom stereocenters. The number of nitrogens with one attached hydrogen (secondary N) is 1. The zero-order valence-electron chi connectivity index (χ0n) is 10.5. The molecule has 2 amide bonds. The predicted octanol–water partition coefficient (Wildman–Crippen LogP) is 0.510. The molecule has 0 radical (unpaired) electrons. The monoisotopic (exact) mass is 255 g/mol. The third-order valence-corrected chi connectivity index (χ3v) is 3.72. The molecule has 3 N–H and O–H groups in total. The summed E-state index contributed by atoms with van der Waals surface area (Å²) in [7, 11) is 5.31. The van der Waals surface area contributed by atoms with Gasteiger partial charge in [0.05, 0.1) is 12.0 Å². The van der Waals surface area contributed by atoms with E-state index < -0.39 is 5.91 Å². The van der Waals surface area contributed by atoms with Crippen LogP contribution in [0.5, 0.6) is 0 Å². The van der Waals surface area contributed by atoms with E-state index in [1.807, 2.05) is 25.9 Å². The second-order valence-corrected chi connectivity index (χ2v) is 5.14. The van der Waals surface area contributed by atoms with Crippen molar-refractivity contribution in [3.63, 3.8) is 0 Å². The molecule has 94 valence electrons. The first-order chi connectivity index (χ1) is 7.88. The van der Waals surface area contributed by atoms with Crippen molar-refractivity contribution in [1.82, 2.24) is 5.32 Å². The number of nitrogens with two attached hydrogens (primary N) is 1. The van der Waals surface area contributed by atoms with Gasteiger partial charge in [0.1, 0.15) is 5.00 Å². The molecule has 6 heteroatoms. The normalized spacial score (nSPS) is 10.1. The molecule has 1 heterocycles. The van der Waals surface area contributed by atoms with E-state index in [1.54, 1.807) is 7.05 Å². The van der Waals surface area contributed by atoms with Gasteiger partial charge in [-0.2, -0.15) is 0 Å². The van der Waals surface area contributed by atoms with E-state index in [0.717, 1.165) is 15.4 Å². The molecule has 1 aromatic heterocycles. The van der Waals surface area contributed by atoms with Crippen LogP contribution < -0.4 is 16.0 Å². The molecule has 1 aromatic rings. The smallest absolute Gasteiger partial charge is 0.254 e. The predicted molar refractivity (Wildman–Crippen MR) is 69.7 cm³/mol. The number of carbonyl (C=O) groups is 2. The highest BCUT2D eigenvalue weighted by atomic mass is 32.1. The number of amides is 2. The van der Waals surface area contributed by atoms with Gasteiger partial charge in [0.2, 0.25) is 5.91 Å². The van der Waals surface area contributed by atoms with Crippen molar-refractivity contribution in [2.24, 2.45) is 5.73 Å². The summed E-state index contributed by atoms with van der Waals surface area (Å²) >= 11 is 1.49. The number of hydrogen-bond donors (Lipinski definition) is 2. The lowest BCUT2D eigenvalue weighted by Gasteiger charge is -2.12. The van der Waals surface area contributed by atoms with E-state index in [1.165, 1.54) is 11.3 Å². The number of anilines is 1. The maximum absolute atomic E-state index is 11.9. The summed E-state index contributed by atoms with van der Waals surface area (Å²) in [5, 5.41) is 3.44. The third kappa shape index (κ3) is 2.76. The van der Waals surface area contributed by atoms with Crippen molar-refractivity contribution < 1.29 is 9.59 Å². The molecule has 0 aliphatic carbocycles. The van der Waals surface area contributed by atoms with Crippen molar-refractivity contribution in [2.75, 3.05) is 26.0 Å². The minimum Gasteiger partial charge on any atom is -0.369 e. The van der Waals surface area contributed by atoms with E-state index in [2.05, 4.69) is 5.32 Å². The van der Waals surface area contributed by atoms with Crippen molar-refractivity contribution in [3.05, 3.63) is 16.0 Å². The van der Waals surface area contributed by atoms with Crippen molar-refractivity contribution >= 4 is 28.2 Å². The summed E-state index contributed by atoms with van der Waals surface area (Å²) in [4.78, 5) is 25.7. The van der Waals surface area contributed by atoms with Crippen LogP contribution in [0.2, 0.25) is 0 Å². The highest BCUT2D eigenvalue weighted by Gasteiger charge is 2.23. The maximum atomic E-state index is 11.9. The fourth-order valence-corrected chi connectivity index (χ4v) is 2.71. The van der Waals surface area contributed by atoms with Gasteiger partial charge in [-0.15, -0.1) is 11.3 Å². The van der Waals surface area contributed by atoms with E-state index in [-0.39, 0.29) is 12.3 Å². The van der Waals surface area contributed by atoms with Gasteiger partial charge < -0.3 is 16.0 Å². The van der Waals surface area contributed by atoms with E-state index in [9.17, 15) is 9.59 Å². The fourth-order valence-electron chi connectivity index (χ4n) is 1.62. The van der Waals surface area contributed by atoms with E-state index in [4.69, 9.17) is 5.73 Å². The Morgan fingerprint density at radius 1 is 1.41 bits per heavy atom. The highest BCUT2D eigenvalue weighted by Crippen LogP contribution is 2.34. The molecule has 0 fully saturated rings. The molecule has 0 aliphatic heterocycles. The minimum atomic E-state index is -0.429. The second-order valence-electron chi connectivity index (χ2n) is 3.93. The Balaban J connectivity index is 3.36. The molecule has 1 rings (SSSR count). The average Bonchev–Trinajstić information content (AvgIpc) is 2.55. The van der Waals surface area contributed by atoms with E-state index in [0.29, 0.717) is 5.56 Å². The van der Waals surface area contributed by atoms with Gasteiger partial charge in [0, 0.05) is 26.0 Å². The van der Waals surface area contributed by atoms with Crippen LogP contribution in [0.15, 0.2) is 0 Å². The van der Waals surface area contributed by atoms with Gasteiger partial charge in [0.25, 0.3) is 5.91 Å². The number of aryl methyl sites for hydroxylation is 1. The van der Waals surface area contributed by atoms with Gasteiger partial charge in [0.15, 0.2) is 0 Å². The van der Waals surface area contributed by atoms with Crippen LogP contribution in [0.3, 0.4) is 0 Å². The topological polar surface area (TPSA) is 75.4 Å². The van der Waals surface area contributed by atoms with E-state index >= 15 is 0 Å². The van der Waals surface area contributed by atoms with Gasteiger partial charge in [-0.25, -0.2) is 0 Å². The van der Waals surface area contributed by atoms with Crippen molar-refractivity contribution in [2.45, 2.75) is 13.3 Å². The Morgan fingerprint density at radius 2 is 2.00 bits per heavy atom. The summed E-state index contributed by atoms with van der Waals surface area (Å²) < 4.78 is 0. The largest absolute Gasteiger partial charge is 0.369 e. The Morgan fingerprint density at radius 3 is 2.41 bits per heavy atom.